The zero-order valence-electron chi connectivity index (χ0n) is 17.2. The van der Waals surface area contributed by atoms with Gasteiger partial charge < -0.3 is 25.1 Å². The summed E-state index contributed by atoms with van der Waals surface area (Å²) >= 11 is 1.58. The summed E-state index contributed by atoms with van der Waals surface area (Å²) in [6, 6.07) is 4.00. The van der Waals surface area contributed by atoms with Crippen molar-refractivity contribution in [3.05, 3.63) is 24.0 Å². The quantitative estimate of drug-likeness (QED) is 0.592. The number of nitrogens with zero attached hydrogens (tertiary/aromatic N) is 4. The van der Waals surface area contributed by atoms with Gasteiger partial charge in [-0.25, -0.2) is 15.0 Å². The molecule has 0 bridgehead atoms. The molecule has 1 aromatic carbocycles. The zero-order valence-corrected chi connectivity index (χ0v) is 18.0. The highest BCUT2D eigenvalue weighted by atomic mass is 32.2. The number of hydrogen-bond donors (Lipinski definition) is 2. The Balaban J connectivity index is 1.64. The molecule has 0 saturated heterocycles. The van der Waals surface area contributed by atoms with Crippen molar-refractivity contribution < 1.29 is 9.47 Å². The average Bonchev–Trinajstić information content (AvgIpc) is 3.23. The van der Waals surface area contributed by atoms with Crippen LogP contribution in [0.3, 0.4) is 0 Å². The van der Waals surface area contributed by atoms with Crippen LogP contribution in [0.25, 0.3) is 11.2 Å². The van der Waals surface area contributed by atoms with Gasteiger partial charge in [0.1, 0.15) is 6.33 Å². The Bertz CT molecular complexity index is 1040. The van der Waals surface area contributed by atoms with Crippen LogP contribution in [0.1, 0.15) is 32.8 Å². The van der Waals surface area contributed by atoms with E-state index in [9.17, 15) is 0 Å². The molecule has 4 rings (SSSR count). The van der Waals surface area contributed by atoms with Crippen LogP contribution in [0, 0.1) is 6.92 Å². The zero-order chi connectivity index (χ0) is 20.6. The second kappa shape index (κ2) is 7.72. The summed E-state index contributed by atoms with van der Waals surface area (Å²) in [5.74, 6) is 1.93. The van der Waals surface area contributed by atoms with Gasteiger partial charge in [0.25, 0.3) is 0 Å². The number of aryl methyl sites for hydroxylation is 2. The van der Waals surface area contributed by atoms with Gasteiger partial charge in [-0.2, -0.15) is 0 Å². The minimum Gasteiger partial charge on any atom is -0.454 e. The van der Waals surface area contributed by atoms with E-state index >= 15 is 0 Å². The second-order valence-electron chi connectivity index (χ2n) is 8.08. The van der Waals surface area contributed by atoms with Gasteiger partial charge in [0.15, 0.2) is 33.6 Å². The first-order valence-corrected chi connectivity index (χ1v) is 10.4. The van der Waals surface area contributed by atoms with Crippen molar-refractivity contribution >= 4 is 28.7 Å². The molecule has 3 aromatic rings. The Hall–Kier alpha value is -2.52. The van der Waals surface area contributed by atoms with Crippen molar-refractivity contribution in [3.63, 3.8) is 0 Å². The first kappa shape index (κ1) is 19.8. The molecule has 1 aliphatic heterocycles. The van der Waals surface area contributed by atoms with Gasteiger partial charge in [-0.05, 0) is 58.4 Å². The van der Waals surface area contributed by atoms with E-state index in [1.807, 2.05) is 12.1 Å². The molecular weight excluding hydrogens is 388 g/mol. The van der Waals surface area contributed by atoms with E-state index in [0.29, 0.717) is 11.3 Å². The highest BCUT2D eigenvalue weighted by molar-refractivity contribution is 7.99. The standard InChI is InChI=1S/C20H26N6O2S/c1-12-8-13-14(28-11-27-13)9-15(12)29-19-25-16-17(21)22-10-23-18(16)26(19)7-5-6-24-20(2,3)4/h8-10,24H,5-7,11H2,1-4H3,(H2,21,22,23). The summed E-state index contributed by atoms with van der Waals surface area (Å²) in [5, 5.41) is 4.36. The van der Waals surface area contributed by atoms with E-state index in [4.69, 9.17) is 20.2 Å². The van der Waals surface area contributed by atoms with Crippen molar-refractivity contribution in [2.24, 2.45) is 0 Å². The number of aromatic nitrogens is 4. The lowest BCUT2D eigenvalue weighted by Gasteiger charge is -2.20. The Kier molecular flexibility index (Phi) is 5.26. The number of ether oxygens (including phenoxy) is 2. The number of hydrogen-bond acceptors (Lipinski definition) is 8. The minimum absolute atomic E-state index is 0.0881. The molecule has 0 unspecified atom stereocenters. The fourth-order valence-electron chi connectivity index (χ4n) is 3.15. The molecule has 8 nitrogen and oxygen atoms in total. The number of rotatable bonds is 6. The van der Waals surface area contributed by atoms with Crippen LogP contribution in [0.5, 0.6) is 11.5 Å². The van der Waals surface area contributed by atoms with Gasteiger partial charge in [-0.3, -0.25) is 0 Å². The van der Waals surface area contributed by atoms with Crippen molar-refractivity contribution in [1.82, 2.24) is 24.8 Å². The molecule has 9 heteroatoms. The van der Waals surface area contributed by atoms with Crippen LogP contribution in [0.4, 0.5) is 5.82 Å². The smallest absolute Gasteiger partial charge is 0.231 e. The molecule has 29 heavy (non-hydrogen) atoms. The number of nitrogens with two attached hydrogens (primary N) is 1. The third-order valence-electron chi connectivity index (χ3n) is 4.61. The Morgan fingerprint density at radius 3 is 2.72 bits per heavy atom. The number of imidazole rings is 1. The summed E-state index contributed by atoms with van der Waals surface area (Å²) in [4.78, 5) is 14.4. The Morgan fingerprint density at radius 2 is 1.97 bits per heavy atom. The fourth-order valence-corrected chi connectivity index (χ4v) is 4.15. The van der Waals surface area contributed by atoms with Crippen LogP contribution in [0.2, 0.25) is 0 Å². The number of nitrogens with one attached hydrogen (secondary N) is 1. The van der Waals surface area contributed by atoms with E-state index in [0.717, 1.165) is 52.3 Å². The van der Waals surface area contributed by atoms with Gasteiger partial charge in [0.2, 0.25) is 6.79 Å². The molecule has 0 aliphatic carbocycles. The minimum atomic E-state index is 0.0881. The number of nitrogen functional groups attached to an aromatic ring is 1. The fraction of sp³-hybridized carbons (Fsp3) is 0.450. The monoisotopic (exact) mass is 414 g/mol. The summed E-state index contributed by atoms with van der Waals surface area (Å²) in [6.07, 6.45) is 2.43. The molecule has 0 amide bonds. The number of benzene rings is 1. The highest BCUT2D eigenvalue weighted by Crippen LogP contribution is 2.40. The van der Waals surface area contributed by atoms with E-state index in [-0.39, 0.29) is 12.3 Å². The highest BCUT2D eigenvalue weighted by Gasteiger charge is 2.20. The number of fused-ring (bicyclic) bond motifs is 2. The van der Waals surface area contributed by atoms with E-state index in [1.165, 1.54) is 6.33 Å². The molecular formula is C20H26N6O2S. The first-order valence-electron chi connectivity index (χ1n) is 9.62. The predicted molar refractivity (Wildman–Crippen MR) is 114 cm³/mol. The topological polar surface area (TPSA) is 100 Å². The molecule has 2 aromatic heterocycles. The normalized spacial score (nSPS) is 13.4. The molecule has 0 spiro atoms. The maximum Gasteiger partial charge on any atom is 0.231 e. The van der Waals surface area contributed by atoms with Crippen molar-refractivity contribution in [3.8, 4) is 11.5 Å². The second-order valence-corrected chi connectivity index (χ2v) is 9.09. The number of anilines is 1. The molecule has 3 heterocycles. The average molecular weight is 415 g/mol. The van der Waals surface area contributed by atoms with Crippen LogP contribution in [-0.4, -0.2) is 38.4 Å². The largest absolute Gasteiger partial charge is 0.454 e. The molecule has 0 atom stereocenters. The first-order chi connectivity index (χ1) is 13.8. The lowest BCUT2D eigenvalue weighted by molar-refractivity contribution is 0.174. The van der Waals surface area contributed by atoms with Gasteiger partial charge in [0.05, 0.1) is 0 Å². The van der Waals surface area contributed by atoms with Crippen molar-refractivity contribution in [2.75, 3.05) is 19.1 Å². The molecule has 0 fully saturated rings. The van der Waals surface area contributed by atoms with Gasteiger partial charge in [-0.1, -0.05) is 11.8 Å². The SMILES string of the molecule is Cc1cc2c(cc1Sc1nc3c(N)ncnc3n1CCCNC(C)(C)C)OCO2. The Morgan fingerprint density at radius 1 is 1.21 bits per heavy atom. The van der Waals surface area contributed by atoms with E-state index in [1.54, 1.807) is 11.8 Å². The van der Waals surface area contributed by atoms with Crippen LogP contribution < -0.4 is 20.5 Å². The van der Waals surface area contributed by atoms with Crippen LogP contribution in [0.15, 0.2) is 28.5 Å². The summed E-state index contributed by atoms with van der Waals surface area (Å²) in [6.45, 7) is 10.5. The summed E-state index contributed by atoms with van der Waals surface area (Å²) in [7, 11) is 0. The van der Waals surface area contributed by atoms with Crippen LogP contribution in [-0.2, 0) is 6.54 Å². The third kappa shape index (κ3) is 4.25. The molecule has 0 saturated carbocycles. The maximum absolute atomic E-state index is 6.06. The van der Waals surface area contributed by atoms with Gasteiger partial charge in [-0.15, -0.1) is 0 Å². The Labute approximate surface area is 174 Å². The van der Waals surface area contributed by atoms with E-state index in [2.05, 4.69) is 47.5 Å². The molecule has 154 valence electrons. The summed E-state index contributed by atoms with van der Waals surface area (Å²) in [5.41, 5.74) is 8.65. The van der Waals surface area contributed by atoms with E-state index < -0.39 is 0 Å². The predicted octanol–water partition coefficient (Wildman–Crippen LogP) is 3.38. The van der Waals surface area contributed by atoms with Crippen LogP contribution >= 0.6 is 11.8 Å². The van der Waals surface area contributed by atoms with Crippen molar-refractivity contribution in [1.29, 1.82) is 0 Å². The third-order valence-corrected chi connectivity index (χ3v) is 5.76. The molecule has 3 N–H and O–H groups in total. The van der Waals surface area contributed by atoms with Gasteiger partial charge in [0, 0.05) is 17.0 Å². The maximum atomic E-state index is 6.06. The van der Waals surface area contributed by atoms with Crippen molar-refractivity contribution in [2.45, 2.75) is 56.3 Å². The lowest BCUT2D eigenvalue weighted by Crippen LogP contribution is -2.36. The molecule has 1 aliphatic rings. The van der Waals surface area contributed by atoms with Gasteiger partial charge >= 0.3 is 0 Å². The lowest BCUT2D eigenvalue weighted by atomic mass is 10.1. The molecule has 0 radical (unpaired) electrons. The summed E-state index contributed by atoms with van der Waals surface area (Å²) < 4.78 is 13.1.